The van der Waals surface area contributed by atoms with E-state index in [1.54, 1.807) is 6.07 Å². The van der Waals surface area contributed by atoms with Crippen molar-refractivity contribution in [3.8, 4) is 0 Å². The topological polar surface area (TPSA) is 29.5 Å². The molecule has 1 heterocycles. The molecule has 0 atom stereocenters. The zero-order valence-corrected chi connectivity index (χ0v) is 8.91. The lowest BCUT2D eigenvalue weighted by Crippen LogP contribution is -2.10. The molecule has 1 aliphatic heterocycles. The van der Waals surface area contributed by atoms with Gasteiger partial charge in [0.1, 0.15) is 0 Å². The molecule has 0 aliphatic carbocycles. The number of anilines is 1. The van der Waals surface area contributed by atoms with Crippen molar-refractivity contribution in [1.82, 2.24) is 0 Å². The van der Waals surface area contributed by atoms with E-state index >= 15 is 0 Å². The first kappa shape index (κ1) is 9.77. The minimum atomic E-state index is -0.302. The monoisotopic (exact) mass is 203 g/mol. The van der Waals surface area contributed by atoms with Crippen LogP contribution in [0.2, 0.25) is 0 Å². The number of carbonyl (C=O) groups excluding carboxylic acids is 1. The molecule has 3 heteroatoms. The van der Waals surface area contributed by atoms with Crippen LogP contribution in [-0.2, 0) is 11.2 Å². The summed E-state index contributed by atoms with van der Waals surface area (Å²) < 4.78 is 4.68. The number of nitrogens with zero attached hydrogens (tertiary/aromatic N) is 1. The third-order valence-corrected chi connectivity index (χ3v) is 2.74. The van der Waals surface area contributed by atoms with Crippen molar-refractivity contribution in [3.63, 3.8) is 0 Å². The van der Waals surface area contributed by atoms with Crippen LogP contribution in [0.3, 0.4) is 0 Å². The van der Waals surface area contributed by atoms with E-state index in [0.717, 1.165) is 17.8 Å². The fourth-order valence-corrected chi connectivity index (χ4v) is 1.78. The number of carbonyl (C=O) groups is 1. The van der Waals surface area contributed by atoms with E-state index in [0.29, 0.717) is 5.56 Å². The first-order valence-corrected chi connectivity index (χ1v) is 4.76. The van der Waals surface area contributed by atoms with Crippen LogP contribution in [-0.4, -0.2) is 20.1 Å². The fraction of sp³-hybridized carbons (Fsp3) is 0.250. The van der Waals surface area contributed by atoms with Crippen LogP contribution in [0.15, 0.2) is 30.5 Å². The van der Waals surface area contributed by atoms with Crippen LogP contribution in [0, 0.1) is 0 Å². The summed E-state index contributed by atoms with van der Waals surface area (Å²) in [6.45, 7) is 3.95. The van der Waals surface area contributed by atoms with E-state index in [1.807, 2.05) is 24.1 Å². The molecular formula is C12H13NO2. The highest BCUT2D eigenvalue weighted by Gasteiger charge is 2.20. The van der Waals surface area contributed by atoms with Gasteiger partial charge in [0.25, 0.3) is 0 Å². The Balaban J connectivity index is 2.44. The molecule has 0 unspecified atom stereocenters. The highest BCUT2D eigenvalue weighted by molar-refractivity contribution is 5.91. The second kappa shape index (κ2) is 3.42. The Morgan fingerprint density at radius 1 is 1.53 bits per heavy atom. The van der Waals surface area contributed by atoms with Crippen molar-refractivity contribution < 1.29 is 9.53 Å². The summed E-state index contributed by atoms with van der Waals surface area (Å²) in [6.07, 6.45) is 0.854. The molecule has 0 fully saturated rings. The number of methoxy groups -OCH3 is 1. The van der Waals surface area contributed by atoms with Crippen LogP contribution in [0.1, 0.15) is 15.9 Å². The molecule has 78 valence electrons. The molecule has 1 aliphatic rings. The number of rotatable bonds is 1. The van der Waals surface area contributed by atoms with Gasteiger partial charge in [-0.1, -0.05) is 12.6 Å². The lowest BCUT2D eigenvalue weighted by molar-refractivity contribution is 0.0601. The molecular weight excluding hydrogens is 190 g/mol. The minimum absolute atomic E-state index is 0.302. The van der Waals surface area contributed by atoms with Crippen LogP contribution in [0.4, 0.5) is 5.69 Å². The summed E-state index contributed by atoms with van der Waals surface area (Å²) in [4.78, 5) is 13.3. The standard InChI is InChI=1S/C12H13NO2/c1-8-6-9-4-5-10(12(14)15-3)7-11(9)13(8)2/h4-5,7H,1,6H2,2-3H3. The molecule has 0 spiro atoms. The normalized spacial score (nSPS) is 14.0. The Morgan fingerprint density at radius 2 is 2.27 bits per heavy atom. The van der Waals surface area contributed by atoms with Crippen molar-refractivity contribution in [2.45, 2.75) is 6.42 Å². The van der Waals surface area contributed by atoms with Gasteiger partial charge >= 0.3 is 5.97 Å². The van der Waals surface area contributed by atoms with E-state index in [2.05, 4.69) is 11.3 Å². The summed E-state index contributed by atoms with van der Waals surface area (Å²) in [5.74, 6) is -0.302. The van der Waals surface area contributed by atoms with Gasteiger partial charge in [-0.05, 0) is 17.7 Å². The molecule has 0 radical (unpaired) electrons. The van der Waals surface area contributed by atoms with Crippen molar-refractivity contribution in [1.29, 1.82) is 0 Å². The highest BCUT2D eigenvalue weighted by atomic mass is 16.5. The van der Waals surface area contributed by atoms with Crippen LogP contribution >= 0.6 is 0 Å². The molecule has 2 rings (SSSR count). The number of benzene rings is 1. The van der Waals surface area contributed by atoms with Gasteiger partial charge < -0.3 is 9.64 Å². The minimum Gasteiger partial charge on any atom is -0.465 e. The quantitative estimate of drug-likeness (QED) is 0.654. The van der Waals surface area contributed by atoms with Gasteiger partial charge in [-0.3, -0.25) is 0 Å². The summed E-state index contributed by atoms with van der Waals surface area (Å²) in [7, 11) is 3.34. The average Bonchev–Trinajstić information content (AvgIpc) is 2.54. The summed E-state index contributed by atoms with van der Waals surface area (Å²) in [5, 5.41) is 0. The lowest BCUT2D eigenvalue weighted by atomic mass is 10.1. The number of likely N-dealkylation sites (N-methyl/N-ethyl adjacent to an activating group) is 1. The van der Waals surface area contributed by atoms with Gasteiger partial charge in [-0.2, -0.15) is 0 Å². The van der Waals surface area contributed by atoms with Crippen molar-refractivity contribution in [2.24, 2.45) is 0 Å². The van der Waals surface area contributed by atoms with E-state index < -0.39 is 0 Å². The summed E-state index contributed by atoms with van der Waals surface area (Å²) in [5.41, 5.74) is 3.88. The zero-order chi connectivity index (χ0) is 11.0. The van der Waals surface area contributed by atoms with Gasteiger partial charge in [0.15, 0.2) is 0 Å². The summed E-state index contributed by atoms with van der Waals surface area (Å²) >= 11 is 0. The summed E-state index contributed by atoms with van der Waals surface area (Å²) in [6, 6.07) is 5.59. The zero-order valence-electron chi connectivity index (χ0n) is 8.91. The molecule has 0 saturated carbocycles. The average molecular weight is 203 g/mol. The molecule has 0 saturated heterocycles. The van der Waals surface area contributed by atoms with Gasteiger partial charge in [0, 0.05) is 24.9 Å². The third kappa shape index (κ3) is 1.50. The number of fused-ring (bicyclic) bond motifs is 1. The molecule has 0 aromatic heterocycles. The maximum atomic E-state index is 11.3. The highest BCUT2D eigenvalue weighted by Crippen LogP contribution is 2.32. The fourth-order valence-electron chi connectivity index (χ4n) is 1.78. The molecule has 0 bridgehead atoms. The second-order valence-electron chi connectivity index (χ2n) is 3.64. The Morgan fingerprint density at radius 3 is 2.93 bits per heavy atom. The molecule has 1 aromatic rings. The number of hydrogen-bond acceptors (Lipinski definition) is 3. The first-order valence-electron chi connectivity index (χ1n) is 4.76. The SMILES string of the molecule is C=C1Cc2ccc(C(=O)OC)cc2N1C. The predicted octanol–water partition coefficient (Wildman–Crippen LogP) is 1.98. The Hall–Kier alpha value is -1.77. The third-order valence-electron chi connectivity index (χ3n) is 2.74. The lowest BCUT2D eigenvalue weighted by Gasteiger charge is -2.13. The smallest absolute Gasteiger partial charge is 0.337 e. The van der Waals surface area contributed by atoms with Crippen molar-refractivity contribution in [2.75, 3.05) is 19.1 Å². The predicted molar refractivity (Wildman–Crippen MR) is 59.0 cm³/mol. The Bertz CT molecular complexity index is 437. The molecule has 1 aromatic carbocycles. The first-order chi connectivity index (χ1) is 7.13. The van der Waals surface area contributed by atoms with Gasteiger partial charge in [-0.25, -0.2) is 4.79 Å². The molecule has 15 heavy (non-hydrogen) atoms. The Labute approximate surface area is 89.0 Å². The van der Waals surface area contributed by atoms with Gasteiger partial charge in [-0.15, -0.1) is 0 Å². The Kier molecular flexibility index (Phi) is 2.23. The molecule has 0 N–H and O–H groups in total. The molecule has 3 nitrogen and oxygen atoms in total. The van der Waals surface area contributed by atoms with Crippen LogP contribution in [0.25, 0.3) is 0 Å². The molecule has 0 amide bonds. The van der Waals surface area contributed by atoms with Gasteiger partial charge in [0.2, 0.25) is 0 Å². The number of hydrogen-bond donors (Lipinski definition) is 0. The van der Waals surface area contributed by atoms with E-state index in [-0.39, 0.29) is 5.97 Å². The van der Waals surface area contributed by atoms with E-state index in [1.165, 1.54) is 12.7 Å². The maximum absolute atomic E-state index is 11.3. The van der Waals surface area contributed by atoms with Crippen molar-refractivity contribution in [3.05, 3.63) is 41.6 Å². The number of allylic oxidation sites excluding steroid dienone is 1. The van der Waals surface area contributed by atoms with Crippen molar-refractivity contribution >= 4 is 11.7 Å². The second-order valence-corrected chi connectivity index (χ2v) is 3.64. The number of ether oxygens (including phenoxy) is 1. The maximum Gasteiger partial charge on any atom is 0.337 e. The van der Waals surface area contributed by atoms with E-state index in [4.69, 9.17) is 0 Å². The van der Waals surface area contributed by atoms with Gasteiger partial charge in [0.05, 0.1) is 12.7 Å². The van der Waals surface area contributed by atoms with E-state index in [9.17, 15) is 4.79 Å². The van der Waals surface area contributed by atoms with Crippen LogP contribution in [0.5, 0.6) is 0 Å². The number of esters is 1. The largest absolute Gasteiger partial charge is 0.465 e. The van der Waals surface area contributed by atoms with Crippen LogP contribution < -0.4 is 4.90 Å².